The summed E-state index contributed by atoms with van der Waals surface area (Å²) in [4.78, 5) is 14.3. The van der Waals surface area contributed by atoms with Gasteiger partial charge in [0.05, 0.1) is 0 Å². The molecule has 0 radical (unpaired) electrons. The molecule has 3 nitrogen and oxygen atoms in total. The minimum atomic E-state index is -3.13. The van der Waals surface area contributed by atoms with Gasteiger partial charge in [-0.05, 0) is 0 Å². The van der Waals surface area contributed by atoms with Gasteiger partial charge in [-0.1, -0.05) is 0 Å². The molecule has 0 aromatic carbocycles. The van der Waals surface area contributed by atoms with Crippen LogP contribution in [0.3, 0.4) is 0 Å². The van der Waals surface area contributed by atoms with Gasteiger partial charge >= 0.3 is 32.2 Å². The Balaban J connectivity index is -0.0000000450. The van der Waals surface area contributed by atoms with E-state index in [1.807, 2.05) is 0 Å². The molecule has 0 aliphatic rings. The molecule has 2 N–H and O–H groups in total. The minimum absolute atomic E-state index is 0. The van der Waals surface area contributed by atoms with Crippen molar-refractivity contribution in [3.8, 4) is 0 Å². The molecule has 36 valence electrons. The van der Waals surface area contributed by atoms with Crippen LogP contribution >= 0.6 is 0 Å². The fourth-order valence-electron chi connectivity index (χ4n) is 0. The Hall–Kier alpha value is 0.313. The van der Waals surface area contributed by atoms with Gasteiger partial charge in [0, 0.05) is 0 Å². The fourth-order valence-corrected chi connectivity index (χ4v) is 0. The lowest BCUT2D eigenvalue weighted by Gasteiger charge is -1.55. The van der Waals surface area contributed by atoms with Crippen LogP contribution in [0.15, 0.2) is 0 Å². The van der Waals surface area contributed by atoms with E-state index in [0.717, 1.165) is 0 Å². The Kier molecular flexibility index (Phi) is 24.4. The van der Waals surface area contributed by atoms with Crippen LogP contribution in [0.25, 0.3) is 0 Å². The summed E-state index contributed by atoms with van der Waals surface area (Å²) in [5.74, 6) is 0. The predicted molar refractivity (Wildman–Crippen MR) is 21.9 cm³/mol. The topological polar surface area (TPSA) is 57.5 Å². The third-order valence-electron chi connectivity index (χ3n) is 0. The van der Waals surface area contributed by atoms with Crippen LogP contribution in [-0.4, -0.2) is 41.8 Å². The molecule has 0 saturated heterocycles. The predicted octanol–water partition coefficient (Wildman–Crippen LogP) is -2.38. The van der Waals surface area contributed by atoms with Crippen LogP contribution in [0, 0.1) is 0 Å². The number of hydrogen-bond donors (Lipinski definition) is 2. The van der Waals surface area contributed by atoms with Crippen LogP contribution in [0.2, 0.25) is 0 Å². The third kappa shape index (κ3) is 483. The highest BCUT2D eigenvalue weighted by Crippen LogP contribution is 1.27. The Morgan fingerprint density at radius 3 is 1.33 bits per heavy atom. The summed E-state index contributed by atoms with van der Waals surface area (Å²) in [5, 5.41) is 0. The molecular formula is H5FMgO3Si. The molecule has 0 heterocycles. The van der Waals surface area contributed by atoms with Gasteiger partial charge in [-0.25, -0.2) is 0 Å². The van der Waals surface area contributed by atoms with Crippen molar-refractivity contribution in [1.82, 2.24) is 0 Å². The van der Waals surface area contributed by atoms with E-state index in [4.69, 9.17) is 14.1 Å². The molecule has 0 saturated carbocycles. The quantitative estimate of drug-likeness (QED) is 0.355. The lowest BCUT2D eigenvalue weighted by atomic mass is 15.8. The number of halogens is 1. The first-order valence-corrected chi connectivity index (χ1v) is 1.95. The summed E-state index contributed by atoms with van der Waals surface area (Å²) in [5.41, 5.74) is 0. The molecule has 0 unspecified atom stereocenters. The molecule has 6 heavy (non-hydrogen) atoms. The largest absolute Gasteiger partial charge is 0.761 e. The molecule has 6 heteroatoms. The van der Waals surface area contributed by atoms with Crippen molar-refractivity contribution in [2.45, 2.75) is 0 Å². The first kappa shape index (κ1) is 16.2. The molecular weight excluding hydrogens is 119 g/mol. The van der Waals surface area contributed by atoms with E-state index in [2.05, 4.69) is 0 Å². The molecule has 0 aliphatic heterocycles. The van der Waals surface area contributed by atoms with Gasteiger partial charge in [-0.15, -0.1) is 0 Å². The van der Waals surface area contributed by atoms with E-state index in [9.17, 15) is 0 Å². The SMILES string of the molecule is F.O=[Si](O)O.[MgH2]. The highest BCUT2D eigenvalue weighted by atomic mass is 28.3. The maximum Gasteiger partial charge on any atom is 0.761 e. The van der Waals surface area contributed by atoms with E-state index in [1.165, 1.54) is 0 Å². The summed E-state index contributed by atoms with van der Waals surface area (Å²) in [6, 6.07) is 0. The second-order valence-electron chi connectivity index (χ2n) is 0.283. The molecule has 0 bridgehead atoms. The summed E-state index contributed by atoms with van der Waals surface area (Å²) in [6.07, 6.45) is 0. The van der Waals surface area contributed by atoms with Gasteiger partial charge < -0.3 is 9.59 Å². The Morgan fingerprint density at radius 1 is 1.33 bits per heavy atom. The first-order chi connectivity index (χ1) is 1.73. The molecule has 0 atom stereocenters. The molecule has 0 amide bonds. The van der Waals surface area contributed by atoms with Crippen LogP contribution < -0.4 is 0 Å². The molecule has 0 aliphatic carbocycles. The number of rotatable bonds is 0. The third-order valence-corrected chi connectivity index (χ3v) is 0. The van der Waals surface area contributed by atoms with Crippen molar-refractivity contribution in [2.24, 2.45) is 0 Å². The second kappa shape index (κ2) is 9.00. The average Bonchev–Trinajstić information content (AvgIpc) is 0.811. The van der Waals surface area contributed by atoms with Gasteiger partial charge in [-0.2, -0.15) is 0 Å². The number of hydrogen-bond acceptors (Lipinski definition) is 1. The smallest absolute Gasteiger partial charge is 0.511 e. The van der Waals surface area contributed by atoms with E-state index < -0.39 is 9.17 Å². The van der Waals surface area contributed by atoms with E-state index in [-0.39, 0.29) is 27.8 Å². The maximum atomic E-state index is 8.74. The van der Waals surface area contributed by atoms with Gasteiger partial charge in [0.15, 0.2) is 0 Å². The minimum Gasteiger partial charge on any atom is -0.511 e. The standard InChI is InChI=1S/FH.Mg.H2O3Si.2H/c;;1-4(2)3;;/h1H;;1-2H;;. The van der Waals surface area contributed by atoms with Crippen molar-refractivity contribution in [3.05, 3.63) is 0 Å². The van der Waals surface area contributed by atoms with E-state index in [0.29, 0.717) is 0 Å². The van der Waals surface area contributed by atoms with Crippen LogP contribution in [-0.2, 0) is 4.46 Å². The van der Waals surface area contributed by atoms with Crippen LogP contribution in [0.1, 0.15) is 0 Å². The van der Waals surface area contributed by atoms with Crippen LogP contribution in [0.5, 0.6) is 0 Å². The Bertz CT molecular complexity index is 33.8. The molecule has 0 rings (SSSR count). The molecule has 0 aromatic heterocycles. The fraction of sp³-hybridized carbons (Fsp3) is 0. The Labute approximate surface area is 51.4 Å². The zero-order valence-electron chi connectivity index (χ0n) is 2.21. The van der Waals surface area contributed by atoms with Crippen molar-refractivity contribution in [2.75, 3.05) is 0 Å². The highest BCUT2D eigenvalue weighted by molar-refractivity contribution is 6.22. The van der Waals surface area contributed by atoms with Crippen molar-refractivity contribution in [1.29, 1.82) is 0 Å². The zero-order valence-corrected chi connectivity index (χ0v) is 3.21. The van der Waals surface area contributed by atoms with Gasteiger partial charge in [0.25, 0.3) is 0 Å². The van der Waals surface area contributed by atoms with Gasteiger partial charge in [0.2, 0.25) is 0 Å². The lowest BCUT2D eigenvalue weighted by molar-refractivity contribution is 0.330. The highest BCUT2D eigenvalue weighted by Gasteiger charge is 1.85. The monoisotopic (exact) mass is 124 g/mol. The van der Waals surface area contributed by atoms with Crippen molar-refractivity contribution in [3.63, 3.8) is 0 Å². The molecule has 0 spiro atoms. The lowest BCUT2D eigenvalue weighted by Crippen LogP contribution is -1.90. The normalized spacial score (nSPS) is 4.00. The van der Waals surface area contributed by atoms with Crippen molar-refractivity contribution < 1.29 is 18.8 Å². The van der Waals surface area contributed by atoms with E-state index >= 15 is 0 Å². The zero-order chi connectivity index (χ0) is 3.58. The summed E-state index contributed by atoms with van der Waals surface area (Å²) >= 11 is 0. The first-order valence-electron chi connectivity index (χ1n) is 0.651. The maximum absolute atomic E-state index is 8.74. The Morgan fingerprint density at radius 2 is 1.33 bits per heavy atom. The van der Waals surface area contributed by atoms with E-state index in [1.54, 1.807) is 0 Å². The molecule has 0 aromatic rings. The second-order valence-corrected chi connectivity index (χ2v) is 0.848. The summed E-state index contributed by atoms with van der Waals surface area (Å²) in [7, 11) is -3.13. The van der Waals surface area contributed by atoms with Gasteiger partial charge in [-0.3, -0.25) is 9.17 Å². The van der Waals surface area contributed by atoms with Gasteiger partial charge in [0.1, 0.15) is 0 Å². The van der Waals surface area contributed by atoms with Crippen molar-refractivity contribution >= 4 is 32.2 Å². The summed E-state index contributed by atoms with van der Waals surface area (Å²) < 4.78 is 8.74. The molecule has 0 fully saturated rings. The average molecular weight is 124 g/mol. The van der Waals surface area contributed by atoms with Crippen LogP contribution in [0.4, 0.5) is 4.70 Å². The summed E-state index contributed by atoms with van der Waals surface area (Å²) in [6.45, 7) is 0.